The summed E-state index contributed by atoms with van der Waals surface area (Å²) in [4.78, 5) is 12.2. The number of rotatable bonds is 3. The Balaban J connectivity index is 2.22. The number of ether oxygens (including phenoxy) is 2. The summed E-state index contributed by atoms with van der Waals surface area (Å²) in [6.07, 6.45) is 1.73. The van der Waals surface area contributed by atoms with E-state index in [1.165, 1.54) is 0 Å². The minimum atomic E-state index is -0.627. The smallest absolute Gasteiger partial charge is 0.349 e. The second kappa shape index (κ2) is 7.06. The van der Waals surface area contributed by atoms with Gasteiger partial charge in [-0.25, -0.2) is 4.79 Å². The Labute approximate surface area is 146 Å². The Morgan fingerprint density at radius 3 is 2.64 bits per heavy atom. The number of carbonyl (C=O) groups is 1. The Bertz CT molecular complexity index is 918. The highest BCUT2D eigenvalue weighted by Crippen LogP contribution is 2.39. The maximum Gasteiger partial charge on any atom is 0.349 e. The van der Waals surface area contributed by atoms with Crippen LogP contribution in [0.25, 0.3) is 11.3 Å². The van der Waals surface area contributed by atoms with Crippen LogP contribution >= 0.6 is 0 Å². The lowest BCUT2D eigenvalue weighted by Crippen LogP contribution is -2.11. The van der Waals surface area contributed by atoms with Gasteiger partial charge in [-0.05, 0) is 32.1 Å². The minimum absolute atomic E-state index is 0.0227. The van der Waals surface area contributed by atoms with Crippen LogP contribution in [0.1, 0.15) is 23.6 Å². The first-order chi connectivity index (χ1) is 12.1. The van der Waals surface area contributed by atoms with Gasteiger partial charge >= 0.3 is 5.97 Å². The number of aryl methyl sites for hydroxylation is 1. The number of nitriles is 1. The average Bonchev–Trinajstić information content (AvgIpc) is 2.63. The maximum atomic E-state index is 12.2. The van der Waals surface area contributed by atoms with Crippen LogP contribution in [0.15, 0.2) is 60.2 Å². The van der Waals surface area contributed by atoms with Gasteiger partial charge in [-0.2, -0.15) is 5.26 Å². The van der Waals surface area contributed by atoms with Crippen molar-refractivity contribution < 1.29 is 14.3 Å². The van der Waals surface area contributed by atoms with Crippen molar-refractivity contribution in [3.63, 3.8) is 0 Å². The van der Waals surface area contributed by atoms with E-state index in [2.05, 4.69) is 0 Å². The first kappa shape index (κ1) is 16.5. The Hall–Kier alpha value is -3.32. The summed E-state index contributed by atoms with van der Waals surface area (Å²) in [5.74, 6) is 0.570. The molecular formula is C21H17NO3. The van der Waals surface area contributed by atoms with Gasteiger partial charge in [0.15, 0.2) is 0 Å². The number of allylic oxidation sites excluding steroid dienone is 2. The molecule has 0 saturated carbocycles. The standard InChI is InChI=1S/C21H17NO3/c1-3-24-21(23)18(13-22)16-12-20(15-7-5-4-6-8-15)25-19-10-9-14(2)11-17(16)19/h4-12H,3H2,1-2H3/b18-16-. The highest BCUT2D eigenvalue weighted by molar-refractivity contribution is 6.06. The van der Waals surface area contributed by atoms with Gasteiger partial charge < -0.3 is 9.47 Å². The lowest BCUT2D eigenvalue weighted by Gasteiger charge is -2.21. The van der Waals surface area contributed by atoms with E-state index in [0.717, 1.165) is 11.1 Å². The van der Waals surface area contributed by atoms with E-state index >= 15 is 0 Å². The summed E-state index contributed by atoms with van der Waals surface area (Å²) in [6, 6.07) is 17.2. The summed E-state index contributed by atoms with van der Waals surface area (Å²) in [6.45, 7) is 3.87. The molecule has 4 nitrogen and oxygen atoms in total. The van der Waals surface area contributed by atoms with Crippen molar-refractivity contribution >= 4 is 17.3 Å². The van der Waals surface area contributed by atoms with E-state index in [0.29, 0.717) is 22.6 Å². The molecule has 0 bridgehead atoms. The van der Waals surface area contributed by atoms with Crippen molar-refractivity contribution in [3.05, 3.63) is 76.9 Å². The largest absolute Gasteiger partial charge is 0.462 e. The molecule has 0 saturated heterocycles. The van der Waals surface area contributed by atoms with Gasteiger partial charge in [0.2, 0.25) is 0 Å². The highest BCUT2D eigenvalue weighted by atomic mass is 16.5. The van der Waals surface area contributed by atoms with Gasteiger partial charge in [0.05, 0.1) is 6.61 Å². The molecule has 0 aliphatic carbocycles. The molecular weight excluding hydrogens is 314 g/mol. The molecule has 124 valence electrons. The molecule has 0 fully saturated rings. The third kappa shape index (κ3) is 3.31. The van der Waals surface area contributed by atoms with E-state index in [-0.39, 0.29) is 12.2 Å². The number of esters is 1. The summed E-state index contributed by atoms with van der Waals surface area (Å²) < 4.78 is 11.0. The average molecular weight is 331 g/mol. The van der Waals surface area contributed by atoms with Crippen molar-refractivity contribution in [1.29, 1.82) is 5.26 Å². The van der Waals surface area contributed by atoms with Crippen LogP contribution in [0.3, 0.4) is 0 Å². The number of nitrogens with zero attached hydrogens (tertiary/aromatic N) is 1. The van der Waals surface area contributed by atoms with Gasteiger partial charge in [-0.1, -0.05) is 42.0 Å². The van der Waals surface area contributed by atoms with E-state index in [9.17, 15) is 10.1 Å². The molecule has 3 rings (SSSR count). The van der Waals surface area contributed by atoms with Crippen LogP contribution in [-0.2, 0) is 9.53 Å². The van der Waals surface area contributed by atoms with Crippen molar-refractivity contribution in [2.75, 3.05) is 6.61 Å². The normalized spacial score (nSPS) is 14.5. The minimum Gasteiger partial charge on any atom is -0.462 e. The second-order valence-corrected chi connectivity index (χ2v) is 5.60. The quantitative estimate of drug-likeness (QED) is 0.479. The van der Waals surface area contributed by atoms with Crippen LogP contribution in [0, 0.1) is 18.3 Å². The molecule has 0 amide bonds. The van der Waals surface area contributed by atoms with E-state index < -0.39 is 5.97 Å². The Kier molecular flexibility index (Phi) is 4.67. The van der Waals surface area contributed by atoms with Crippen molar-refractivity contribution in [2.24, 2.45) is 0 Å². The SMILES string of the molecule is CCOC(=O)/C(C#N)=C1/C=C(c2ccccc2)Oc2ccc(C)cc21. The molecule has 0 spiro atoms. The Morgan fingerprint density at radius 2 is 1.96 bits per heavy atom. The van der Waals surface area contributed by atoms with E-state index in [1.54, 1.807) is 13.0 Å². The van der Waals surface area contributed by atoms with Gasteiger partial charge in [-0.15, -0.1) is 0 Å². The molecule has 2 aromatic rings. The number of benzene rings is 2. The first-order valence-corrected chi connectivity index (χ1v) is 8.01. The first-order valence-electron chi connectivity index (χ1n) is 8.01. The fraction of sp³-hybridized carbons (Fsp3) is 0.143. The van der Waals surface area contributed by atoms with Gasteiger partial charge in [0, 0.05) is 16.7 Å². The number of hydrogen-bond donors (Lipinski definition) is 0. The summed E-state index contributed by atoms with van der Waals surface area (Å²) in [5.41, 5.74) is 3.09. The predicted octanol–water partition coefficient (Wildman–Crippen LogP) is 4.27. The van der Waals surface area contributed by atoms with Crippen LogP contribution in [0.2, 0.25) is 0 Å². The third-order valence-corrected chi connectivity index (χ3v) is 3.84. The molecule has 4 heteroatoms. The number of carbonyl (C=O) groups excluding carboxylic acids is 1. The van der Waals surface area contributed by atoms with E-state index in [1.807, 2.05) is 61.5 Å². The molecule has 0 N–H and O–H groups in total. The van der Waals surface area contributed by atoms with Crippen molar-refractivity contribution in [1.82, 2.24) is 0 Å². The molecule has 1 aliphatic heterocycles. The number of fused-ring (bicyclic) bond motifs is 1. The maximum absolute atomic E-state index is 12.2. The van der Waals surface area contributed by atoms with Crippen LogP contribution in [0.5, 0.6) is 5.75 Å². The lowest BCUT2D eigenvalue weighted by atomic mass is 9.94. The fourth-order valence-electron chi connectivity index (χ4n) is 2.67. The predicted molar refractivity (Wildman–Crippen MR) is 95.4 cm³/mol. The molecule has 1 aliphatic rings. The van der Waals surface area contributed by atoms with Gasteiger partial charge in [0.25, 0.3) is 0 Å². The summed E-state index contributed by atoms with van der Waals surface area (Å²) in [5, 5.41) is 9.55. The number of hydrogen-bond acceptors (Lipinski definition) is 4. The zero-order chi connectivity index (χ0) is 17.8. The van der Waals surface area contributed by atoms with Gasteiger partial charge in [0.1, 0.15) is 23.2 Å². The lowest BCUT2D eigenvalue weighted by molar-refractivity contribution is -0.137. The third-order valence-electron chi connectivity index (χ3n) is 3.84. The van der Waals surface area contributed by atoms with Gasteiger partial charge in [-0.3, -0.25) is 0 Å². The molecule has 2 aromatic carbocycles. The second-order valence-electron chi connectivity index (χ2n) is 5.60. The molecule has 0 atom stereocenters. The zero-order valence-electron chi connectivity index (χ0n) is 14.1. The topological polar surface area (TPSA) is 59.3 Å². The highest BCUT2D eigenvalue weighted by Gasteiger charge is 2.24. The molecule has 25 heavy (non-hydrogen) atoms. The molecule has 1 heterocycles. The molecule has 0 radical (unpaired) electrons. The Morgan fingerprint density at radius 1 is 1.20 bits per heavy atom. The van der Waals surface area contributed by atoms with Crippen LogP contribution < -0.4 is 4.74 Å². The van der Waals surface area contributed by atoms with Crippen LogP contribution in [0.4, 0.5) is 0 Å². The zero-order valence-corrected chi connectivity index (χ0v) is 14.1. The summed E-state index contributed by atoms with van der Waals surface area (Å²) in [7, 11) is 0. The van der Waals surface area contributed by atoms with Crippen molar-refractivity contribution in [3.8, 4) is 11.8 Å². The monoisotopic (exact) mass is 331 g/mol. The summed E-state index contributed by atoms with van der Waals surface area (Å²) >= 11 is 0. The fourth-order valence-corrected chi connectivity index (χ4v) is 2.67. The van der Waals surface area contributed by atoms with Crippen LogP contribution in [-0.4, -0.2) is 12.6 Å². The molecule has 0 aromatic heterocycles. The van der Waals surface area contributed by atoms with Crippen molar-refractivity contribution in [2.45, 2.75) is 13.8 Å². The van der Waals surface area contributed by atoms with E-state index in [4.69, 9.17) is 9.47 Å². The molecule has 0 unspecified atom stereocenters.